The molecule has 0 unspecified atom stereocenters. The predicted octanol–water partition coefficient (Wildman–Crippen LogP) is 18.6. The van der Waals surface area contributed by atoms with Crippen LogP contribution >= 0.6 is 22.7 Å². The van der Waals surface area contributed by atoms with Crippen LogP contribution in [-0.2, 0) is 11.8 Å². The summed E-state index contributed by atoms with van der Waals surface area (Å²) in [6, 6.07) is 66.3. The highest BCUT2D eigenvalue weighted by atomic mass is 32.1. The molecule has 308 valence electrons. The summed E-state index contributed by atoms with van der Waals surface area (Å²) >= 11 is 3.81. The molecule has 1 aliphatic rings. The molecule has 13 rings (SSSR count). The van der Waals surface area contributed by atoms with Gasteiger partial charge in [0.25, 0.3) is 0 Å². The largest absolute Gasteiger partial charge is 0.308 e. The minimum Gasteiger partial charge on any atom is -0.308 e. The van der Waals surface area contributed by atoms with Crippen molar-refractivity contribution in [2.75, 3.05) is 9.80 Å². The molecule has 0 saturated heterocycles. The van der Waals surface area contributed by atoms with Gasteiger partial charge >= 0.3 is 0 Å². The van der Waals surface area contributed by atoms with Crippen LogP contribution in [0.25, 0.3) is 72.7 Å². The van der Waals surface area contributed by atoms with Crippen LogP contribution in [0.1, 0.15) is 56.7 Å². The Labute approximate surface area is 381 Å². The van der Waals surface area contributed by atoms with Gasteiger partial charge in [0.2, 0.25) is 0 Å². The van der Waals surface area contributed by atoms with Gasteiger partial charge in [-0.25, -0.2) is 0 Å². The number of anilines is 6. The van der Waals surface area contributed by atoms with E-state index in [0.29, 0.717) is 5.92 Å². The molecule has 0 amide bonds. The minimum absolute atomic E-state index is 0.0137. The minimum atomic E-state index is -0.0137. The van der Waals surface area contributed by atoms with Gasteiger partial charge in [-0.3, -0.25) is 0 Å². The van der Waals surface area contributed by atoms with Crippen LogP contribution in [0.5, 0.6) is 0 Å². The third-order valence-corrected chi connectivity index (χ3v) is 16.6. The van der Waals surface area contributed by atoms with Crippen molar-refractivity contribution in [3.8, 4) is 0 Å². The van der Waals surface area contributed by atoms with E-state index < -0.39 is 0 Å². The molecule has 0 aliphatic heterocycles. The first-order chi connectivity index (χ1) is 31.3. The maximum Gasteiger partial charge on any atom is 0.0640 e. The molecule has 10 aromatic carbocycles. The summed E-state index contributed by atoms with van der Waals surface area (Å²) in [5.41, 5.74) is 11.5. The molecule has 1 aliphatic carbocycles. The fourth-order valence-electron chi connectivity index (χ4n) is 11.1. The summed E-state index contributed by atoms with van der Waals surface area (Å²) < 4.78 is 5.26. The highest BCUT2D eigenvalue weighted by molar-refractivity contribution is 7.26. The van der Waals surface area contributed by atoms with Crippen molar-refractivity contribution in [2.24, 2.45) is 0 Å². The highest BCUT2D eigenvalue weighted by Crippen LogP contribution is 2.56. The maximum atomic E-state index is 2.61. The lowest BCUT2D eigenvalue weighted by Gasteiger charge is -2.37. The molecule has 0 spiro atoms. The Balaban J connectivity index is 1.18. The van der Waals surface area contributed by atoms with Crippen LogP contribution in [-0.4, -0.2) is 0 Å². The molecule has 0 atom stereocenters. The van der Waals surface area contributed by atoms with Crippen molar-refractivity contribution >= 4 is 129 Å². The number of aryl methyl sites for hydroxylation is 1. The second-order valence-corrected chi connectivity index (χ2v) is 20.8. The number of hydrogen-bond donors (Lipinski definition) is 0. The Morgan fingerprint density at radius 1 is 0.438 bits per heavy atom. The van der Waals surface area contributed by atoms with Crippen molar-refractivity contribution in [1.82, 2.24) is 0 Å². The van der Waals surface area contributed by atoms with E-state index in [9.17, 15) is 0 Å². The Morgan fingerprint density at radius 3 is 1.53 bits per heavy atom. The summed E-state index contributed by atoms with van der Waals surface area (Å²) in [4.78, 5) is 5.15. The number of fused-ring (bicyclic) bond motifs is 6. The molecule has 0 N–H and O–H groups in total. The summed E-state index contributed by atoms with van der Waals surface area (Å²) in [6.07, 6.45) is 2.12. The fourth-order valence-corrected chi connectivity index (χ4v) is 13.5. The normalized spacial score (nSPS) is 13.8. The number of hydrogen-bond acceptors (Lipinski definition) is 4. The van der Waals surface area contributed by atoms with Gasteiger partial charge in [-0.1, -0.05) is 137 Å². The zero-order chi connectivity index (χ0) is 42.8. The molecule has 0 fully saturated rings. The van der Waals surface area contributed by atoms with E-state index in [1.807, 2.05) is 22.7 Å². The van der Waals surface area contributed by atoms with Crippen LogP contribution in [0, 0.1) is 0 Å². The zero-order valence-corrected chi connectivity index (χ0v) is 38.1. The van der Waals surface area contributed by atoms with Gasteiger partial charge in [0.05, 0.1) is 32.1 Å². The van der Waals surface area contributed by atoms with Crippen LogP contribution in [0.4, 0.5) is 34.1 Å². The number of benzene rings is 10. The fraction of sp³-hybridized carbons (Fsp3) is 0.133. The monoisotopic (exact) mass is 858 g/mol. The smallest absolute Gasteiger partial charge is 0.0640 e. The van der Waals surface area contributed by atoms with Gasteiger partial charge in [0.1, 0.15) is 0 Å². The Morgan fingerprint density at radius 2 is 0.953 bits per heavy atom. The molecule has 2 nitrogen and oxygen atoms in total. The number of thiophene rings is 2. The molecule has 12 aromatic rings. The van der Waals surface area contributed by atoms with E-state index in [0.717, 1.165) is 18.5 Å². The molecule has 0 saturated carbocycles. The van der Waals surface area contributed by atoms with Crippen molar-refractivity contribution in [3.05, 3.63) is 193 Å². The van der Waals surface area contributed by atoms with E-state index in [1.54, 1.807) is 0 Å². The van der Waals surface area contributed by atoms with E-state index in [4.69, 9.17) is 0 Å². The maximum absolute atomic E-state index is 2.61. The van der Waals surface area contributed by atoms with Crippen molar-refractivity contribution in [1.29, 1.82) is 0 Å². The first-order valence-electron chi connectivity index (χ1n) is 22.7. The first kappa shape index (κ1) is 37.8. The van der Waals surface area contributed by atoms with Gasteiger partial charge in [-0.15, -0.1) is 22.7 Å². The number of para-hydroxylation sites is 2. The molecule has 0 radical (unpaired) electrons. The van der Waals surface area contributed by atoms with Crippen molar-refractivity contribution in [2.45, 2.75) is 51.9 Å². The summed E-state index contributed by atoms with van der Waals surface area (Å²) in [7, 11) is 0. The second-order valence-electron chi connectivity index (χ2n) is 18.7. The lowest BCUT2D eigenvalue weighted by Crippen LogP contribution is -2.24. The van der Waals surface area contributed by atoms with Crippen LogP contribution < -0.4 is 9.80 Å². The van der Waals surface area contributed by atoms with Crippen LogP contribution in [0.3, 0.4) is 0 Å². The quantitative estimate of drug-likeness (QED) is 0.147. The summed E-state index contributed by atoms with van der Waals surface area (Å²) in [5.74, 6) is 0.301. The first-order valence-corrected chi connectivity index (χ1v) is 24.3. The molecular weight excluding hydrogens is 813 g/mol. The average Bonchev–Trinajstić information content (AvgIpc) is 3.91. The van der Waals surface area contributed by atoms with E-state index in [1.165, 1.54) is 118 Å². The lowest BCUT2D eigenvalue weighted by atomic mass is 9.70. The van der Waals surface area contributed by atoms with E-state index in [2.05, 4.69) is 213 Å². The molecular formula is C60H46N2S2. The third-order valence-electron chi connectivity index (χ3n) is 14.2. The Kier molecular flexibility index (Phi) is 8.35. The van der Waals surface area contributed by atoms with E-state index >= 15 is 0 Å². The van der Waals surface area contributed by atoms with Crippen LogP contribution in [0.15, 0.2) is 176 Å². The zero-order valence-electron chi connectivity index (χ0n) is 36.4. The SMILES string of the molecule is CC(C)c1cc(N(c2ccccc2)c2cccc3c2sc2ccccc23)c2cc3c4c(cc(N(c5ccccc5)c5cccc6c5sc5ccccc56)c5ccc1c2c54)CCC3(C)C. The van der Waals surface area contributed by atoms with Gasteiger partial charge in [-0.2, -0.15) is 0 Å². The van der Waals surface area contributed by atoms with Crippen molar-refractivity contribution in [3.63, 3.8) is 0 Å². The lowest BCUT2D eigenvalue weighted by molar-refractivity contribution is 0.475. The topological polar surface area (TPSA) is 6.48 Å². The van der Waals surface area contributed by atoms with Crippen LogP contribution in [0.2, 0.25) is 0 Å². The number of rotatable bonds is 7. The highest BCUT2D eigenvalue weighted by Gasteiger charge is 2.34. The Bertz CT molecular complexity index is 3800. The summed E-state index contributed by atoms with van der Waals surface area (Å²) in [6.45, 7) is 9.68. The third kappa shape index (κ3) is 5.49. The van der Waals surface area contributed by atoms with Gasteiger partial charge < -0.3 is 9.80 Å². The van der Waals surface area contributed by atoms with Gasteiger partial charge in [0.15, 0.2) is 0 Å². The van der Waals surface area contributed by atoms with E-state index in [-0.39, 0.29) is 5.41 Å². The number of nitrogens with zero attached hydrogens (tertiary/aromatic N) is 2. The van der Waals surface area contributed by atoms with Gasteiger partial charge in [-0.05, 0) is 124 Å². The predicted molar refractivity (Wildman–Crippen MR) is 281 cm³/mol. The van der Waals surface area contributed by atoms with Crippen molar-refractivity contribution < 1.29 is 0 Å². The molecule has 64 heavy (non-hydrogen) atoms. The molecule has 2 heterocycles. The summed E-state index contributed by atoms with van der Waals surface area (Å²) in [5, 5.41) is 13.4. The average molecular weight is 859 g/mol. The standard InChI is InChI=1S/C60H46N2S2/c1-36(2)46-35-52(62(39-19-9-6-10-20-39)50-26-16-24-44-41-22-12-14-28-54(41)64-59(44)50)47-34-48-55-37(31-32-60(48,3)4)33-51(45-30-29-42(46)56(47)57(45)55)61(38-17-7-5-8-18-38)49-25-15-23-43-40-21-11-13-27-53(40)63-58(43)49/h5-30,33-36H,31-32H2,1-4H3. The molecule has 2 aromatic heterocycles. The molecule has 0 bridgehead atoms. The molecule has 4 heteroatoms. The van der Waals surface area contributed by atoms with Gasteiger partial charge in [0, 0.05) is 58.5 Å². The Hall–Kier alpha value is -6.72. The second kappa shape index (κ2) is 14.1.